The molecular formula is C26H26ClFN2O2S. The zero-order chi connectivity index (χ0) is 24.0. The molecule has 0 aliphatic carbocycles. The second-order valence-corrected chi connectivity index (χ2v) is 10.4. The van der Waals surface area contributed by atoms with Crippen molar-refractivity contribution < 1.29 is 14.0 Å². The maximum absolute atomic E-state index is 13.5. The Morgan fingerprint density at radius 3 is 2.18 bits per heavy atom. The van der Waals surface area contributed by atoms with Crippen molar-refractivity contribution in [3.8, 4) is 0 Å². The number of hydrogen-bond acceptors (Lipinski definition) is 3. The van der Waals surface area contributed by atoms with E-state index in [-0.39, 0.29) is 22.3 Å². The summed E-state index contributed by atoms with van der Waals surface area (Å²) in [5, 5.41) is 5.13. The summed E-state index contributed by atoms with van der Waals surface area (Å²) in [6.07, 6.45) is 0.424. The molecule has 0 bridgehead atoms. The molecule has 1 atom stereocenters. The third-order valence-corrected chi connectivity index (χ3v) is 6.17. The van der Waals surface area contributed by atoms with Crippen molar-refractivity contribution in [3.63, 3.8) is 0 Å². The van der Waals surface area contributed by atoms with Gasteiger partial charge in [-0.2, -0.15) is 0 Å². The first kappa shape index (κ1) is 24.8. The van der Waals surface area contributed by atoms with Crippen LogP contribution in [0.2, 0.25) is 5.02 Å². The van der Waals surface area contributed by atoms with Crippen molar-refractivity contribution in [2.75, 3.05) is 10.6 Å². The summed E-state index contributed by atoms with van der Waals surface area (Å²) in [7, 11) is 0. The fourth-order valence-electron chi connectivity index (χ4n) is 3.12. The Morgan fingerprint density at radius 2 is 1.58 bits per heavy atom. The fourth-order valence-corrected chi connectivity index (χ4v) is 4.33. The van der Waals surface area contributed by atoms with Gasteiger partial charge in [-0.25, -0.2) is 4.39 Å². The number of anilines is 2. The second kappa shape index (κ2) is 10.9. The molecule has 2 amide bonds. The van der Waals surface area contributed by atoms with Gasteiger partial charge in [-0.05, 0) is 53.4 Å². The molecule has 0 saturated heterocycles. The van der Waals surface area contributed by atoms with Crippen LogP contribution in [0, 0.1) is 11.2 Å². The van der Waals surface area contributed by atoms with Gasteiger partial charge in [0.25, 0.3) is 0 Å². The number of rotatable bonds is 7. The van der Waals surface area contributed by atoms with E-state index in [1.807, 2.05) is 75.4 Å². The lowest BCUT2D eigenvalue weighted by Crippen LogP contribution is -2.19. The lowest BCUT2D eigenvalue weighted by atomic mass is 9.92. The Bertz CT molecular complexity index is 1120. The van der Waals surface area contributed by atoms with Crippen molar-refractivity contribution in [1.29, 1.82) is 0 Å². The maximum Gasteiger partial charge on any atom is 0.242 e. The first-order valence-electron chi connectivity index (χ1n) is 10.5. The van der Waals surface area contributed by atoms with Gasteiger partial charge in [0.1, 0.15) is 11.1 Å². The molecule has 2 N–H and O–H groups in total. The molecule has 3 aromatic carbocycles. The van der Waals surface area contributed by atoms with Gasteiger partial charge in [-0.15, -0.1) is 11.8 Å². The van der Waals surface area contributed by atoms with Gasteiger partial charge in [0.2, 0.25) is 11.8 Å². The number of nitrogens with one attached hydrogen (secondary N) is 2. The van der Waals surface area contributed by atoms with Crippen LogP contribution in [0.3, 0.4) is 0 Å². The van der Waals surface area contributed by atoms with Crippen LogP contribution in [0.25, 0.3) is 0 Å². The van der Waals surface area contributed by atoms with Crippen LogP contribution >= 0.6 is 23.4 Å². The van der Waals surface area contributed by atoms with Crippen LogP contribution in [-0.2, 0) is 9.59 Å². The first-order valence-corrected chi connectivity index (χ1v) is 11.7. The summed E-state index contributed by atoms with van der Waals surface area (Å²) in [4.78, 5) is 26.2. The summed E-state index contributed by atoms with van der Waals surface area (Å²) in [5.74, 6) is -0.836. The summed E-state index contributed by atoms with van der Waals surface area (Å²) < 4.78 is 13.5. The summed E-state index contributed by atoms with van der Waals surface area (Å²) in [5.41, 5.74) is 1.86. The van der Waals surface area contributed by atoms with E-state index < -0.39 is 11.1 Å². The molecular weight excluding hydrogens is 459 g/mol. The van der Waals surface area contributed by atoms with Gasteiger partial charge in [0, 0.05) is 22.7 Å². The van der Waals surface area contributed by atoms with Crippen molar-refractivity contribution in [2.24, 2.45) is 5.41 Å². The molecule has 3 aromatic rings. The van der Waals surface area contributed by atoms with Gasteiger partial charge < -0.3 is 10.6 Å². The predicted octanol–water partition coefficient (Wildman–Crippen LogP) is 7.33. The average Bonchev–Trinajstić information content (AvgIpc) is 2.75. The number of carbonyl (C=O) groups excluding carboxylic acids is 2. The smallest absolute Gasteiger partial charge is 0.242 e. The number of amides is 2. The number of carbonyl (C=O) groups is 2. The van der Waals surface area contributed by atoms with Crippen LogP contribution in [0.15, 0.2) is 77.7 Å². The van der Waals surface area contributed by atoms with E-state index in [1.165, 1.54) is 30.0 Å². The van der Waals surface area contributed by atoms with Gasteiger partial charge in [-0.3, -0.25) is 9.59 Å². The molecule has 0 aliphatic rings. The van der Waals surface area contributed by atoms with E-state index in [9.17, 15) is 14.0 Å². The van der Waals surface area contributed by atoms with Gasteiger partial charge in [0.15, 0.2) is 0 Å². The molecule has 7 heteroatoms. The zero-order valence-electron chi connectivity index (χ0n) is 18.7. The Balaban J connectivity index is 1.75. The van der Waals surface area contributed by atoms with E-state index in [2.05, 4.69) is 10.6 Å². The molecule has 0 spiro atoms. The molecule has 0 heterocycles. The largest absolute Gasteiger partial charge is 0.326 e. The second-order valence-electron chi connectivity index (χ2n) is 8.84. The Kier molecular flexibility index (Phi) is 8.16. The molecule has 0 fully saturated rings. The SMILES string of the molecule is CC(C)(C)CC(=O)Nc1ccc(SC(C(=O)Nc2ccc(F)c(Cl)c2)c2ccccc2)cc1. The van der Waals surface area contributed by atoms with Crippen molar-refractivity contribution >= 4 is 46.6 Å². The van der Waals surface area contributed by atoms with E-state index in [0.29, 0.717) is 17.8 Å². The lowest BCUT2D eigenvalue weighted by molar-refractivity contribution is -0.118. The Labute approximate surface area is 202 Å². The highest BCUT2D eigenvalue weighted by atomic mass is 35.5. The Morgan fingerprint density at radius 1 is 0.939 bits per heavy atom. The molecule has 1 unspecified atom stereocenters. The fraction of sp³-hybridized carbons (Fsp3) is 0.231. The van der Waals surface area contributed by atoms with Gasteiger partial charge in [0.05, 0.1) is 5.02 Å². The van der Waals surface area contributed by atoms with Gasteiger partial charge >= 0.3 is 0 Å². The minimum atomic E-state index is -0.545. The minimum absolute atomic E-state index is 0.0394. The molecule has 3 rings (SSSR count). The lowest BCUT2D eigenvalue weighted by Gasteiger charge is -2.18. The molecule has 0 saturated carbocycles. The molecule has 0 aliphatic heterocycles. The summed E-state index contributed by atoms with van der Waals surface area (Å²) in [6, 6.07) is 20.9. The molecule has 0 radical (unpaired) electrons. The normalized spacial score (nSPS) is 12.2. The van der Waals surface area contributed by atoms with E-state index in [1.54, 1.807) is 0 Å². The van der Waals surface area contributed by atoms with Crippen LogP contribution in [0.5, 0.6) is 0 Å². The van der Waals surface area contributed by atoms with E-state index >= 15 is 0 Å². The molecule has 33 heavy (non-hydrogen) atoms. The summed E-state index contributed by atoms with van der Waals surface area (Å²) >= 11 is 7.23. The summed E-state index contributed by atoms with van der Waals surface area (Å²) in [6.45, 7) is 6.04. The van der Waals surface area contributed by atoms with Crippen LogP contribution in [-0.4, -0.2) is 11.8 Å². The van der Waals surface area contributed by atoms with Crippen LogP contribution in [0.1, 0.15) is 38.0 Å². The standard InChI is InChI=1S/C26H26ClFN2O2S/c1-26(2,3)16-23(31)29-18-9-12-20(13-10-18)33-24(17-7-5-4-6-8-17)25(32)30-19-11-14-22(28)21(27)15-19/h4-15,24H,16H2,1-3H3,(H,29,31)(H,30,32). The highest BCUT2D eigenvalue weighted by Crippen LogP contribution is 2.37. The van der Waals surface area contributed by atoms with Crippen molar-refractivity contribution in [3.05, 3.63) is 89.2 Å². The first-order chi connectivity index (χ1) is 15.6. The third kappa shape index (κ3) is 7.62. The quantitative estimate of drug-likeness (QED) is 0.345. The average molecular weight is 485 g/mol. The van der Waals surface area contributed by atoms with Crippen LogP contribution in [0.4, 0.5) is 15.8 Å². The molecule has 0 aromatic heterocycles. The zero-order valence-corrected chi connectivity index (χ0v) is 20.3. The minimum Gasteiger partial charge on any atom is -0.326 e. The number of hydrogen-bond donors (Lipinski definition) is 2. The van der Waals surface area contributed by atoms with Gasteiger partial charge in [-0.1, -0.05) is 62.7 Å². The predicted molar refractivity (Wildman–Crippen MR) is 134 cm³/mol. The van der Waals surface area contributed by atoms with Crippen LogP contribution < -0.4 is 10.6 Å². The highest BCUT2D eigenvalue weighted by molar-refractivity contribution is 8.00. The Hall–Kier alpha value is -2.83. The maximum atomic E-state index is 13.5. The molecule has 4 nitrogen and oxygen atoms in total. The number of benzene rings is 3. The third-order valence-electron chi connectivity index (χ3n) is 4.61. The molecule has 172 valence electrons. The highest BCUT2D eigenvalue weighted by Gasteiger charge is 2.23. The van der Waals surface area contributed by atoms with Crippen molar-refractivity contribution in [1.82, 2.24) is 0 Å². The van der Waals surface area contributed by atoms with E-state index in [0.717, 1.165) is 10.5 Å². The number of thioether (sulfide) groups is 1. The number of halogens is 2. The van der Waals surface area contributed by atoms with Crippen molar-refractivity contribution in [2.45, 2.75) is 37.3 Å². The van der Waals surface area contributed by atoms with E-state index in [4.69, 9.17) is 11.6 Å². The topological polar surface area (TPSA) is 58.2 Å². The monoisotopic (exact) mass is 484 g/mol.